The Morgan fingerprint density at radius 2 is 2.17 bits per heavy atom. The Morgan fingerprint density at radius 3 is 2.67 bits per heavy atom. The minimum atomic E-state index is 0.242. The first kappa shape index (κ1) is 10.4. The van der Waals surface area contributed by atoms with Crippen LogP contribution in [0.2, 0.25) is 0 Å². The summed E-state index contributed by atoms with van der Waals surface area (Å²) >= 11 is 1.86. The SMILES string of the molecule is CC(CC(=O)I)N1CCOCC1. The van der Waals surface area contributed by atoms with Gasteiger partial charge in [0.2, 0.25) is 0 Å². The van der Waals surface area contributed by atoms with Crippen LogP contribution in [0.3, 0.4) is 0 Å². The minimum absolute atomic E-state index is 0.242. The number of rotatable bonds is 3. The highest BCUT2D eigenvalue weighted by Crippen LogP contribution is 2.09. The second kappa shape index (κ2) is 5.14. The number of halogens is 1. The van der Waals surface area contributed by atoms with Crippen LogP contribution in [0.1, 0.15) is 13.3 Å². The van der Waals surface area contributed by atoms with Crippen LogP contribution in [-0.2, 0) is 9.53 Å². The molecular formula is C8H14INO2. The largest absolute Gasteiger partial charge is 0.379 e. The second-order valence-corrected chi connectivity index (χ2v) is 4.26. The normalized spacial score (nSPS) is 22.2. The predicted molar refractivity (Wildman–Crippen MR) is 55.5 cm³/mol. The number of nitrogens with zero attached hydrogens (tertiary/aromatic N) is 1. The van der Waals surface area contributed by atoms with Gasteiger partial charge in [-0.1, -0.05) is 0 Å². The highest BCUT2D eigenvalue weighted by molar-refractivity contribution is 14.1. The summed E-state index contributed by atoms with van der Waals surface area (Å²) in [5.41, 5.74) is 0. The molecule has 1 fully saturated rings. The molecule has 3 nitrogen and oxygen atoms in total. The maximum atomic E-state index is 10.8. The molecule has 0 aromatic carbocycles. The van der Waals surface area contributed by atoms with E-state index in [9.17, 15) is 4.79 Å². The zero-order chi connectivity index (χ0) is 8.97. The minimum Gasteiger partial charge on any atom is -0.379 e. The Bertz CT molecular complexity index is 157. The molecule has 1 unspecified atom stereocenters. The van der Waals surface area contributed by atoms with Crippen LogP contribution in [0.4, 0.5) is 0 Å². The molecule has 0 amide bonds. The van der Waals surface area contributed by atoms with E-state index in [1.54, 1.807) is 0 Å². The van der Waals surface area contributed by atoms with Crippen LogP contribution in [0.15, 0.2) is 0 Å². The molecule has 1 aliphatic heterocycles. The first-order chi connectivity index (χ1) is 5.70. The van der Waals surface area contributed by atoms with Gasteiger partial charge in [-0.2, -0.15) is 0 Å². The van der Waals surface area contributed by atoms with E-state index in [-0.39, 0.29) is 3.79 Å². The third kappa shape index (κ3) is 3.37. The van der Waals surface area contributed by atoms with E-state index in [0.717, 1.165) is 26.3 Å². The fourth-order valence-electron chi connectivity index (χ4n) is 1.38. The molecule has 1 aliphatic rings. The van der Waals surface area contributed by atoms with Crippen molar-refractivity contribution < 1.29 is 9.53 Å². The lowest BCUT2D eigenvalue weighted by Crippen LogP contribution is -2.42. The molecule has 0 N–H and O–H groups in total. The van der Waals surface area contributed by atoms with Crippen molar-refractivity contribution in [1.29, 1.82) is 0 Å². The van der Waals surface area contributed by atoms with E-state index in [0.29, 0.717) is 12.5 Å². The number of morpholine rings is 1. The van der Waals surface area contributed by atoms with Gasteiger partial charge in [-0.3, -0.25) is 9.69 Å². The van der Waals surface area contributed by atoms with Crippen molar-refractivity contribution in [3.63, 3.8) is 0 Å². The zero-order valence-electron chi connectivity index (χ0n) is 7.25. The molecule has 0 aromatic rings. The van der Waals surface area contributed by atoms with Crippen molar-refractivity contribution in [2.45, 2.75) is 19.4 Å². The predicted octanol–water partition coefficient (Wildman–Crippen LogP) is 1.06. The van der Waals surface area contributed by atoms with E-state index in [1.807, 2.05) is 22.6 Å². The summed E-state index contributed by atoms with van der Waals surface area (Å²) in [6, 6.07) is 0.373. The van der Waals surface area contributed by atoms with Crippen molar-refractivity contribution in [1.82, 2.24) is 4.90 Å². The third-order valence-electron chi connectivity index (χ3n) is 2.12. The summed E-state index contributed by atoms with van der Waals surface area (Å²) in [5.74, 6) is 0. The van der Waals surface area contributed by atoms with Crippen LogP contribution in [-0.4, -0.2) is 41.0 Å². The first-order valence-electron chi connectivity index (χ1n) is 4.20. The van der Waals surface area contributed by atoms with Crippen molar-refractivity contribution in [3.8, 4) is 0 Å². The molecular weight excluding hydrogens is 269 g/mol. The molecule has 12 heavy (non-hydrogen) atoms. The van der Waals surface area contributed by atoms with E-state index >= 15 is 0 Å². The van der Waals surface area contributed by atoms with Crippen molar-refractivity contribution in [2.75, 3.05) is 26.3 Å². The Kier molecular flexibility index (Phi) is 4.45. The molecule has 0 radical (unpaired) electrons. The van der Waals surface area contributed by atoms with E-state index < -0.39 is 0 Å². The second-order valence-electron chi connectivity index (χ2n) is 3.06. The molecule has 1 saturated heterocycles. The number of ether oxygens (including phenoxy) is 1. The van der Waals surface area contributed by atoms with Crippen LogP contribution >= 0.6 is 22.6 Å². The summed E-state index contributed by atoms with van der Waals surface area (Å²) in [6.07, 6.45) is 0.653. The van der Waals surface area contributed by atoms with Gasteiger partial charge in [0.1, 0.15) is 0 Å². The van der Waals surface area contributed by atoms with Crippen LogP contribution in [0, 0.1) is 0 Å². The monoisotopic (exact) mass is 283 g/mol. The van der Waals surface area contributed by atoms with Gasteiger partial charge in [0.05, 0.1) is 13.2 Å². The molecule has 0 bridgehead atoms. The summed E-state index contributed by atoms with van der Waals surface area (Å²) in [5, 5.41) is 0. The molecule has 0 spiro atoms. The summed E-state index contributed by atoms with van der Waals surface area (Å²) < 4.78 is 5.47. The average molecular weight is 283 g/mol. The number of carbonyl (C=O) groups excluding carboxylic acids is 1. The Hall–Kier alpha value is 0.320. The molecule has 70 valence electrons. The van der Waals surface area contributed by atoms with Gasteiger partial charge >= 0.3 is 0 Å². The van der Waals surface area contributed by atoms with Crippen molar-refractivity contribution >= 4 is 26.4 Å². The fraction of sp³-hybridized carbons (Fsp3) is 0.875. The molecule has 0 aliphatic carbocycles. The Balaban J connectivity index is 2.29. The van der Waals surface area contributed by atoms with Crippen LogP contribution in [0.25, 0.3) is 0 Å². The van der Waals surface area contributed by atoms with E-state index in [2.05, 4.69) is 11.8 Å². The van der Waals surface area contributed by atoms with E-state index in [1.165, 1.54) is 0 Å². The lowest BCUT2D eigenvalue weighted by Gasteiger charge is -2.31. The maximum Gasteiger partial charge on any atom is 0.193 e. The zero-order valence-corrected chi connectivity index (χ0v) is 9.41. The van der Waals surface area contributed by atoms with Crippen LogP contribution < -0.4 is 0 Å². The number of hydrogen-bond acceptors (Lipinski definition) is 3. The van der Waals surface area contributed by atoms with Gasteiger partial charge < -0.3 is 4.74 Å². The average Bonchev–Trinajstić information content (AvgIpc) is 2.05. The maximum absolute atomic E-state index is 10.8. The summed E-state index contributed by atoms with van der Waals surface area (Å²) in [6.45, 7) is 5.64. The molecule has 4 heteroatoms. The first-order valence-corrected chi connectivity index (χ1v) is 5.28. The molecule has 1 atom stereocenters. The fourth-order valence-corrected chi connectivity index (χ4v) is 2.02. The quantitative estimate of drug-likeness (QED) is 0.573. The lowest BCUT2D eigenvalue weighted by molar-refractivity contribution is -0.110. The van der Waals surface area contributed by atoms with Gasteiger partial charge in [-0.25, -0.2) is 0 Å². The van der Waals surface area contributed by atoms with Crippen LogP contribution in [0.5, 0.6) is 0 Å². The number of hydrogen-bond donors (Lipinski definition) is 0. The van der Waals surface area contributed by atoms with Crippen molar-refractivity contribution in [3.05, 3.63) is 0 Å². The molecule has 1 rings (SSSR count). The Morgan fingerprint density at radius 1 is 1.58 bits per heavy atom. The van der Waals surface area contributed by atoms with Gasteiger partial charge in [0.25, 0.3) is 0 Å². The van der Waals surface area contributed by atoms with E-state index in [4.69, 9.17) is 4.74 Å². The Labute approximate surface area is 86.6 Å². The highest BCUT2D eigenvalue weighted by atomic mass is 127. The smallest absolute Gasteiger partial charge is 0.193 e. The summed E-state index contributed by atoms with van der Waals surface area (Å²) in [7, 11) is 0. The van der Waals surface area contributed by atoms with Gasteiger partial charge in [-0.05, 0) is 29.5 Å². The molecule has 0 aromatic heterocycles. The van der Waals surface area contributed by atoms with Gasteiger partial charge in [0, 0.05) is 25.6 Å². The third-order valence-corrected chi connectivity index (χ3v) is 2.57. The van der Waals surface area contributed by atoms with Gasteiger partial charge in [-0.15, -0.1) is 0 Å². The standard InChI is InChI=1S/C8H14INO2/c1-7(6-8(9)11)10-2-4-12-5-3-10/h7H,2-6H2,1H3. The summed E-state index contributed by atoms with van der Waals surface area (Å²) in [4.78, 5) is 13.1. The number of carbonyl (C=O) groups is 1. The lowest BCUT2D eigenvalue weighted by atomic mass is 10.2. The molecule has 0 saturated carbocycles. The highest BCUT2D eigenvalue weighted by Gasteiger charge is 2.18. The van der Waals surface area contributed by atoms with Gasteiger partial charge in [0.15, 0.2) is 3.79 Å². The topological polar surface area (TPSA) is 29.5 Å². The molecule has 1 heterocycles. The van der Waals surface area contributed by atoms with Crippen molar-refractivity contribution in [2.24, 2.45) is 0 Å².